The molecule has 1 N–H and O–H groups in total. The molecule has 2 rings (SSSR count). The first kappa shape index (κ1) is 23.2. The summed E-state index contributed by atoms with van der Waals surface area (Å²) in [6.45, 7) is 0.608. The first-order valence-corrected chi connectivity index (χ1v) is 11.3. The lowest BCUT2D eigenvalue weighted by Gasteiger charge is -2.14. The van der Waals surface area contributed by atoms with Gasteiger partial charge in [0.2, 0.25) is 0 Å². The van der Waals surface area contributed by atoms with Crippen molar-refractivity contribution in [2.45, 2.75) is 51.4 Å². The van der Waals surface area contributed by atoms with Crippen molar-refractivity contribution in [1.82, 2.24) is 4.90 Å². The van der Waals surface area contributed by atoms with Crippen LogP contribution in [0, 0.1) is 0 Å². The third-order valence-electron chi connectivity index (χ3n) is 4.42. The molecule has 1 aromatic carbocycles. The number of unbranched alkanes of at least 4 members (excludes halogenated alkanes) is 6. The zero-order valence-electron chi connectivity index (χ0n) is 15.5. The van der Waals surface area contributed by atoms with Crippen LogP contribution in [0.4, 0.5) is 0 Å². The number of amides is 1. The van der Waals surface area contributed by atoms with E-state index in [1.807, 2.05) is 0 Å². The average Bonchev–Trinajstić information content (AvgIpc) is 2.90. The first-order chi connectivity index (χ1) is 13.4. The van der Waals surface area contributed by atoms with E-state index in [2.05, 4.69) is 0 Å². The molecule has 8 heteroatoms. The molecule has 28 heavy (non-hydrogen) atoms. The van der Waals surface area contributed by atoms with Gasteiger partial charge in [0.05, 0.1) is 4.91 Å². The molecule has 0 spiro atoms. The maximum atomic E-state index is 12.7. The van der Waals surface area contributed by atoms with Crippen LogP contribution >= 0.6 is 47.2 Å². The smallest absolute Gasteiger partial charge is 0.303 e. The molecule has 0 saturated carbocycles. The standard InChI is InChI=1S/C20H23Cl2NO3S2/c21-15-9-8-10-16(22)14(15)13-17-19(26)23(20(27)28-17)12-7-5-3-1-2-4-6-11-18(24)25/h8-10,13H,1-7,11-12H2,(H,24,25)/b17-13-. The molecular weight excluding hydrogens is 437 g/mol. The summed E-state index contributed by atoms with van der Waals surface area (Å²) in [5, 5.41) is 9.60. The summed E-state index contributed by atoms with van der Waals surface area (Å²) in [6, 6.07) is 5.24. The Bertz CT molecular complexity index is 748. The highest BCUT2D eigenvalue weighted by molar-refractivity contribution is 8.26. The maximum Gasteiger partial charge on any atom is 0.303 e. The fourth-order valence-electron chi connectivity index (χ4n) is 2.90. The minimum Gasteiger partial charge on any atom is -0.481 e. The molecule has 1 fully saturated rings. The summed E-state index contributed by atoms with van der Waals surface area (Å²) >= 11 is 19.0. The van der Waals surface area contributed by atoms with Crippen molar-refractivity contribution in [1.29, 1.82) is 0 Å². The number of thiocarbonyl (C=S) groups is 1. The SMILES string of the molecule is O=C(O)CCCCCCCCCN1C(=O)/C(=C/c2c(Cl)cccc2Cl)SC1=S. The Morgan fingerprint density at radius 3 is 2.25 bits per heavy atom. The first-order valence-electron chi connectivity index (χ1n) is 9.31. The molecule has 0 aromatic heterocycles. The van der Waals surface area contributed by atoms with Gasteiger partial charge >= 0.3 is 5.97 Å². The second kappa shape index (κ2) is 11.8. The number of hydrogen-bond donors (Lipinski definition) is 1. The van der Waals surface area contributed by atoms with E-state index in [4.69, 9.17) is 40.5 Å². The summed E-state index contributed by atoms with van der Waals surface area (Å²) < 4.78 is 0.563. The van der Waals surface area contributed by atoms with Crippen LogP contribution in [0.15, 0.2) is 23.1 Å². The lowest BCUT2D eigenvalue weighted by atomic mass is 10.1. The van der Waals surface area contributed by atoms with Crippen molar-refractivity contribution < 1.29 is 14.7 Å². The van der Waals surface area contributed by atoms with Gasteiger partial charge in [-0.05, 0) is 31.1 Å². The van der Waals surface area contributed by atoms with Crippen LogP contribution in [-0.4, -0.2) is 32.7 Å². The number of carboxylic acid groups (broad SMARTS) is 1. The third-order valence-corrected chi connectivity index (χ3v) is 6.46. The van der Waals surface area contributed by atoms with Crippen molar-refractivity contribution in [3.05, 3.63) is 38.7 Å². The molecule has 1 saturated heterocycles. The highest BCUT2D eigenvalue weighted by Crippen LogP contribution is 2.35. The van der Waals surface area contributed by atoms with E-state index in [0.717, 1.165) is 44.9 Å². The lowest BCUT2D eigenvalue weighted by molar-refractivity contribution is -0.137. The number of nitrogens with zero attached hydrogens (tertiary/aromatic N) is 1. The Balaban J connectivity index is 1.75. The maximum absolute atomic E-state index is 12.7. The number of carboxylic acids is 1. The number of carbonyl (C=O) groups excluding carboxylic acids is 1. The minimum atomic E-state index is -0.727. The summed E-state index contributed by atoms with van der Waals surface area (Å²) in [5.74, 6) is -0.825. The van der Waals surface area contributed by atoms with Gasteiger partial charge in [-0.25, -0.2) is 0 Å². The zero-order chi connectivity index (χ0) is 20.5. The molecule has 0 aliphatic carbocycles. The van der Waals surface area contributed by atoms with E-state index >= 15 is 0 Å². The minimum absolute atomic E-state index is 0.0975. The van der Waals surface area contributed by atoms with Crippen LogP contribution < -0.4 is 0 Å². The van der Waals surface area contributed by atoms with E-state index in [1.165, 1.54) is 11.8 Å². The fourth-order valence-corrected chi connectivity index (χ4v) is 4.70. The van der Waals surface area contributed by atoms with Crippen molar-refractivity contribution >= 4 is 69.5 Å². The molecule has 152 valence electrons. The van der Waals surface area contributed by atoms with Gasteiger partial charge in [0.15, 0.2) is 0 Å². The molecule has 0 radical (unpaired) electrons. The largest absolute Gasteiger partial charge is 0.481 e. The molecule has 0 unspecified atom stereocenters. The van der Waals surface area contributed by atoms with Crippen LogP contribution in [0.5, 0.6) is 0 Å². The van der Waals surface area contributed by atoms with E-state index in [1.54, 1.807) is 29.2 Å². The summed E-state index contributed by atoms with van der Waals surface area (Å²) in [7, 11) is 0. The summed E-state index contributed by atoms with van der Waals surface area (Å²) in [5.41, 5.74) is 0.634. The van der Waals surface area contributed by atoms with Gasteiger partial charge in [0, 0.05) is 28.6 Å². The Morgan fingerprint density at radius 1 is 1.07 bits per heavy atom. The van der Waals surface area contributed by atoms with Crippen LogP contribution in [0.2, 0.25) is 10.0 Å². The monoisotopic (exact) mass is 459 g/mol. The Morgan fingerprint density at radius 2 is 1.64 bits per heavy atom. The fraction of sp³-hybridized carbons (Fsp3) is 0.450. The Kier molecular flexibility index (Phi) is 9.79. The second-order valence-corrected chi connectivity index (χ2v) is 9.08. The lowest BCUT2D eigenvalue weighted by Crippen LogP contribution is -2.29. The van der Waals surface area contributed by atoms with E-state index < -0.39 is 5.97 Å². The van der Waals surface area contributed by atoms with Crippen molar-refractivity contribution in [2.24, 2.45) is 0 Å². The van der Waals surface area contributed by atoms with E-state index in [0.29, 0.717) is 31.4 Å². The molecule has 1 aliphatic heterocycles. The van der Waals surface area contributed by atoms with Crippen LogP contribution in [0.3, 0.4) is 0 Å². The van der Waals surface area contributed by atoms with E-state index in [-0.39, 0.29) is 12.3 Å². The zero-order valence-corrected chi connectivity index (χ0v) is 18.6. The predicted molar refractivity (Wildman–Crippen MR) is 121 cm³/mol. The molecule has 1 heterocycles. The molecular formula is C20H23Cl2NO3S2. The van der Waals surface area contributed by atoms with Crippen LogP contribution in [-0.2, 0) is 9.59 Å². The molecule has 1 amide bonds. The number of halogens is 2. The topological polar surface area (TPSA) is 57.6 Å². The van der Waals surface area contributed by atoms with Crippen LogP contribution in [0.1, 0.15) is 56.9 Å². The Hall–Kier alpha value is -1.08. The Labute approximate surface area is 185 Å². The van der Waals surface area contributed by atoms with Crippen molar-refractivity contribution in [2.75, 3.05) is 6.54 Å². The highest BCUT2D eigenvalue weighted by Gasteiger charge is 2.31. The molecule has 0 atom stereocenters. The number of thioether (sulfide) groups is 1. The molecule has 0 bridgehead atoms. The number of benzene rings is 1. The average molecular weight is 460 g/mol. The third kappa shape index (κ3) is 7.07. The second-order valence-electron chi connectivity index (χ2n) is 6.59. The van der Waals surface area contributed by atoms with Crippen molar-refractivity contribution in [3.63, 3.8) is 0 Å². The van der Waals surface area contributed by atoms with Gasteiger partial charge in [-0.2, -0.15) is 0 Å². The van der Waals surface area contributed by atoms with E-state index in [9.17, 15) is 9.59 Å². The van der Waals surface area contributed by atoms with Crippen LogP contribution in [0.25, 0.3) is 6.08 Å². The predicted octanol–water partition coefficient (Wildman–Crippen LogP) is 6.40. The van der Waals surface area contributed by atoms with Gasteiger partial charge in [-0.3, -0.25) is 14.5 Å². The highest BCUT2D eigenvalue weighted by atomic mass is 35.5. The number of rotatable bonds is 11. The van der Waals surface area contributed by atoms with Gasteiger partial charge in [0.1, 0.15) is 4.32 Å². The number of hydrogen-bond acceptors (Lipinski definition) is 4. The quantitative estimate of drug-likeness (QED) is 0.235. The number of carbonyl (C=O) groups is 2. The summed E-state index contributed by atoms with van der Waals surface area (Å²) in [4.78, 5) is 25.3. The number of aliphatic carboxylic acids is 1. The summed E-state index contributed by atoms with van der Waals surface area (Å²) in [6.07, 6.45) is 8.78. The molecule has 4 nitrogen and oxygen atoms in total. The van der Waals surface area contributed by atoms with Gasteiger partial charge in [-0.1, -0.05) is 85.4 Å². The normalized spacial score (nSPS) is 15.6. The van der Waals surface area contributed by atoms with Gasteiger partial charge in [0.25, 0.3) is 5.91 Å². The van der Waals surface area contributed by atoms with Gasteiger partial charge in [-0.15, -0.1) is 0 Å². The van der Waals surface area contributed by atoms with Crippen molar-refractivity contribution in [3.8, 4) is 0 Å². The molecule has 1 aliphatic rings. The van der Waals surface area contributed by atoms with Gasteiger partial charge < -0.3 is 5.11 Å². The molecule has 1 aromatic rings.